The van der Waals surface area contributed by atoms with Crippen LogP contribution < -0.4 is 4.74 Å². The van der Waals surface area contributed by atoms with Crippen LogP contribution in [0.15, 0.2) is 6.20 Å². The molecule has 0 saturated carbocycles. The van der Waals surface area contributed by atoms with Gasteiger partial charge in [-0.15, -0.1) is 0 Å². The fourth-order valence-corrected chi connectivity index (χ4v) is 1.08. The molecule has 0 spiro atoms. The van der Waals surface area contributed by atoms with Crippen molar-refractivity contribution in [3.63, 3.8) is 0 Å². The van der Waals surface area contributed by atoms with Gasteiger partial charge in [0.25, 0.3) is 6.43 Å². The summed E-state index contributed by atoms with van der Waals surface area (Å²) in [4.78, 5) is 2.83. The lowest BCUT2D eigenvalue weighted by Gasteiger charge is -2.13. The summed E-state index contributed by atoms with van der Waals surface area (Å²) < 4.78 is 65.9. The minimum atomic E-state index is -5.00. The SMILES string of the molecule is COc1cnc(C(F)(F)F)c(O)c1C(F)F. The fourth-order valence-electron chi connectivity index (χ4n) is 1.08. The number of ether oxygens (including phenoxy) is 1. The van der Waals surface area contributed by atoms with Crippen molar-refractivity contribution in [1.29, 1.82) is 0 Å². The van der Waals surface area contributed by atoms with Crippen LogP contribution in [0.3, 0.4) is 0 Å². The summed E-state index contributed by atoms with van der Waals surface area (Å²) in [7, 11) is 0.982. The maximum atomic E-state index is 12.4. The lowest BCUT2D eigenvalue weighted by Crippen LogP contribution is -2.10. The molecular weight excluding hydrogens is 237 g/mol. The number of methoxy groups -OCH3 is 1. The zero-order valence-electron chi connectivity index (χ0n) is 7.85. The van der Waals surface area contributed by atoms with Gasteiger partial charge in [0.15, 0.2) is 11.4 Å². The van der Waals surface area contributed by atoms with Crippen LogP contribution in [-0.2, 0) is 6.18 Å². The van der Waals surface area contributed by atoms with Gasteiger partial charge in [-0.25, -0.2) is 13.8 Å². The van der Waals surface area contributed by atoms with Crippen LogP contribution in [0.25, 0.3) is 0 Å². The molecule has 16 heavy (non-hydrogen) atoms. The van der Waals surface area contributed by atoms with E-state index in [1.165, 1.54) is 0 Å². The Morgan fingerprint density at radius 3 is 2.31 bits per heavy atom. The van der Waals surface area contributed by atoms with Crippen LogP contribution in [0.1, 0.15) is 17.7 Å². The Balaban J connectivity index is 3.44. The van der Waals surface area contributed by atoms with Crippen molar-refractivity contribution in [2.24, 2.45) is 0 Å². The van der Waals surface area contributed by atoms with E-state index in [1.807, 2.05) is 0 Å². The Labute approximate surface area is 86.5 Å². The smallest absolute Gasteiger partial charge is 0.437 e. The molecule has 1 aromatic rings. The first-order valence-electron chi connectivity index (χ1n) is 3.90. The van der Waals surface area contributed by atoms with Gasteiger partial charge >= 0.3 is 6.18 Å². The van der Waals surface area contributed by atoms with Crippen LogP contribution >= 0.6 is 0 Å². The van der Waals surface area contributed by atoms with Crippen molar-refractivity contribution in [3.8, 4) is 11.5 Å². The van der Waals surface area contributed by atoms with Crippen molar-refractivity contribution in [3.05, 3.63) is 17.5 Å². The molecule has 0 aliphatic rings. The van der Waals surface area contributed by atoms with Gasteiger partial charge in [-0.05, 0) is 0 Å². The second-order valence-electron chi connectivity index (χ2n) is 2.74. The van der Waals surface area contributed by atoms with E-state index in [4.69, 9.17) is 5.11 Å². The van der Waals surface area contributed by atoms with E-state index >= 15 is 0 Å². The van der Waals surface area contributed by atoms with E-state index in [-0.39, 0.29) is 0 Å². The number of aromatic nitrogens is 1. The van der Waals surface area contributed by atoms with E-state index < -0.39 is 35.4 Å². The zero-order chi connectivity index (χ0) is 12.5. The van der Waals surface area contributed by atoms with Gasteiger partial charge in [0.2, 0.25) is 0 Å². The Morgan fingerprint density at radius 1 is 1.38 bits per heavy atom. The highest BCUT2D eigenvalue weighted by Gasteiger charge is 2.39. The van der Waals surface area contributed by atoms with Crippen molar-refractivity contribution in [2.75, 3.05) is 7.11 Å². The molecule has 1 heterocycles. The average Bonchev–Trinajstić information content (AvgIpc) is 2.14. The topological polar surface area (TPSA) is 42.4 Å². The monoisotopic (exact) mass is 243 g/mol. The van der Waals surface area contributed by atoms with E-state index in [0.29, 0.717) is 6.20 Å². The first kappa shape index (κ1) is 12.5. The molecular formula is C8H6F5NO2. The molecule has 8 heteroatoms. The third-order valence-corrected chi connectivity index (χ3v) is 1.76. The number of halogens is 5. The molecule has 1 aromatic heterocycles. The van der Waals surface area contributed by atoms with Gasteiger partial charge in [0, 0.05) is 0 Å². The molecule has 1 rings (SSSR count). The first-order valence-corrected chi connectivity index (χ1v) is 3.90. The van der Waals surface area contributed by atoms with Crippen molar-refractivity contribution < 1.29 is 31.8 Å². The average molecular weight is 243 g/mol. The van der Waals surface area contributed by atoms with E-state index in [0.717, 1.165) is 7.11 Å². The maximum Gasteiger partial charge on any atom is 0.437 e. The summed E-state index contributed by atoms with van der Waals surface area (Å²) in [6.45, 7) is 0. The lowest BCUT2D eigenvalue weighted by atomic mass is 10.2. The predicted octanol–water partition coefficient (Wildman–Crippen LogP) is 2.75. The number of hydrogen-bond acceptors (Lipinski definition) is 3. The molecule has 0 bridgehead atoms. The molecule has 0 amide bonds. The third kappa shape index (κ3) is 2.15. The highest BCUT2D eigenvalue weighted by molar-refractivity contribution is 5.46. The summed E-state index contributed by atoms with van der Waals surface area (Å²) in [5, 5.41) is 9.06. The molecule has 0 fully saturated rings. The maximum absolute atomic E-state index is 12.4. The molecule has 0 aliphatic heterocycles. The number of pyridine rings is 1. The third-order valence-electron chi connectivity index (χ3n) is 1.76. The summed E-state index contributed by atoms with van der Waals surface area (Å²) in [5.74, 6) is -2.21. The molecule has 3 nitrogen and oxygen atoms in total. The van der Waals surface area contributed by atoms with E-state index in [1.54, 1.807) is 0 Å². The second-order valence-corrected chi connectivity index (χ2v) is 2.74. The van der Waals surface area contributed by atoms with E-state index in [2.05, 4.69) is 9.72 Å². The lowest BCUT2D eigenvalue weighted by molar-refractivity contribution is -0.142. The molecule has 0 saturated heterocycles. The fraction of sp³-hybridized carbons (Fsp3) is 0.375. The highest BCUT2D eigenvalue weighted by atomic mass is 19.4. The van der Waals surface area contributed by atoms with Gasteiger partial charge < -0.3 is 9.84 Å². The number of nitrogens with zero attached hydrogens (tertiary/aromatic N) is 1. The highest BCUT2D eigenvalue weighted by Crippen LogP contribution is 2.42. The first-order chi connectivity index (χ1) is 7.29. The minimum Gasteiger partial charge on any atom is -0.505 e. The normalized spacial score (nSPS) is 11.9. The van der Waals surface area contributed by atoms with Gasteiger partial charge in [0.05, 0.1) is 13.3 Å². The number of rotatable bonds is 2. The molecule has 0 atom stereocenters. The molecule has 0 unspecified atom stereocenters. The molecule has 0 aromatic carbocycles. The van der Waals surface area contributed by atoms with Crippen molar-refractivity contribution in [2.45, 2.75) is 12.6 Å². The van der Waals surface area contributed by atoms with Crippen LogP contribution in [0, 0.1) is 0 Å². The Morgan fingerprint density at radius 2 is 1.94 bits per heavy atom. The summed E-state index contributed by atoms with van der Waals surface area (Å²) >= 11 is 0. The Kier molecular flexibility index (Phi) is 3.20. The van der Waals surface area contributed by atoms with Crippen LogP contribution in [0.4, 0.5) is 22.0 Å². The molecule has 0 aliphatic carbocycles. The van der Waals surface area contributed by atoms with Crippen molar-refractivity contribution in [1.82, 2.24) is 4.98 Å². The number of alkyl halides is 5. The van der Waals surface area contributed by atoms with Gasteiger partial charge in [-0.3, -0.25) is 0 Å². The summed E-state index contributed by atoms with van der Waals surface area (Å²) in [6, 6.07) is 0. The van der Waals surface area contributed by atoms with Gasteiger partial charge in [0.1, 0.15) is 11.3 Å². The van der Waals surface area contributed by atoms with Crippen LogP contribution in [0.5, 0.6) is 11.5 Å². The molecule has 0 radical (unpaired) electrons. The molecule has 1 N–H and O–H groups in total. The second kappa shape index (κ2) is 4.11. The predicted molar refractivity (Wildman–Crippen MR) is 42.4 cm³/mol. The van der Waals surface area contributed by atoms with Crippen molar-refractivity contribution >= 4 is 0 Å². The summed E-state index contributed by atoms with van der Waals surface area (Å²) in [5.41, 5.74) is -2.98. The summed E-state index contributed by atoms with van der Waals surface area (Å²) in [6.07, 6.45) is -7.80. The van der Waals surface area contributed by atoms with Gasteiger partial charge in [-0.1, -0.05) is 0 Å². The zero-order valence-corrected chi connectivity index (χ0v) is 7.85. The van der Waals surface area contributed by atoms with Gasteiger partial charge in [-0.2, -0.15) is 13.2 Å². The number of hydrogen-bond donors (Lipinski definition) is 1. The van der Waals surface area contributed by atoms with Crippen LogP contribution in [-0.4, -0.2) is 17.2 Å². The quantitative estimate of drug-likeness (QED) is 0.812. The number of aromatic hydroxyl groups is 1. The van der Waals surface area contributed by atoms with Crippen LogP contribution in [0.2, 0.25) is 0 Å². The largest absolute Gasteiger partial charge is 0.505 e. The Hall–Kier alpha value is -1.60. The Bertz CT molecular complexity index is 391. The molecule has 90 valence electrons. The minimum absolute atomic E-state index is 0.490. The van der Waals surface area contributed by atoms with E-state index in [9.17, 15) is 22.0 Å². The standard InChI is InChI=1S/C8H6F5NO2/c1-16-3-2-14-6(8(11,12)13)5(15)4(3)7(9)10/h2,7,15H,1H3.